The standard InChI is InChI=1S/C49H59N9O10S2/c1-32(2)39-6-4-5-7-40(39)43-31-66-21-20-57(43)36-26-49(27-36)11-14-55(15-12-49)35-8-9-41(44(23-35)68-37-22-33-10-13-50-47(33)51-28-37)48(59)53-70(64,65)38-24-42(58(60)61)46-45(25-38)67-30-34(52-46)29-54-16-18-56(19-17-54)69(3,62)63/h4-10,13,22-25,28,32,34,36,43,52H,11-12,14-21,26-27,29-31H2,1-3H3,(H,50,51)(H,53,59)/t34-,43+/m0/s1. The van der Waals surface area contributed by atoms with Gasteiger partial charge in [0.1, 0.15) is 23.8 Å². The van der Waals surface area contributed by atoms with E-state index in [1.807, 2.05) is 11.0 Å². The molecule has 5 aliphatic rings. The topological polar surface area (TPSA) is 222 Å². The minimum absolute atomic E-state index is 0.00957. The Labute approximate surface area is 407 Å². The normalized spacial score (nSPS) is 21.5. The summed E-state index contributed by atoms with van der Waals surface area (Å²) in [7, 11) is -8.02. The van der Waals surface area contributed by atoms with Gasteiger partial charge < -0.3 is 29.4 Å². The maximum Gasteiger partial charge on any atom is 0.297 e. The van der Waals surface area contributed by atoms with E-state index in [0.29, 0.717) is 62.7 Å². The Morgan fingerprint density at radius 3 is 2.49 bits per heavy atom. The van der Waals surface area contributed by atoms with Crippen molar-refractivity contribution < 1.29 is 40.8 Å². The number of rotatable bonds is 13. The van der Waals surface area contributed by atoms with E-state index in [1.165, 1.54) is 27.9 Å². The molecule has 1 saturated carbocycles. The lowest BCUT2D eigenvalue weighted by Crippen LogP contribution is -2.58. The molecule has 3 N–H and O–H groups in total. The zero-order chi connectivity index (χ0) is 49.0. The molecular formula is C49H59N9O10S2. The minimum atomic E-state index is -4.71. The van der Waals surface area contributed by atoms with E-state index in [-0.39, 0.29) is 40.8 Å². The number of carbonyl (C=O) groups is 1. The van der Waals surface area contributed by atoms with E-state index in [9.17, 15) is 31.7 Å². The molecule has 19 nitrogen and oxygen atoms in total. The molecule has 372 valence electrons. The van der Waals surface area contributed by atoms with Crippen LogP contribution in [0.1, 0.15) is 73.0 Å². The molecule has 3 aromatic carbocycles. The summed E-state index contributed by atoms with van der Waals surface area (Å²) in [5, 5.41) is 16.3. The summed E-state index contributed by atoms with van der Waals surface area (Å²) in [6.45, 7) is 10.5. The van der Waals surface area contributed by atoms with Gasteiger partial charge in [0, 0.05) is 93.9 Å². The molecule has 1 spiro atoms. The molecule has 4 fully saturated rings. The molecule has 4 aliphatic heterocycles. The quantitative estimate of drug-likeness (QED) is 0.0899. The molecule has 0 bridgehead atoms. The second-order valence-electron chi connectivity index (χ2n) is 19.7. The number of hydrogen-bond acceptors (Lipinski definition) is 15. The van der Waals surface area contributed by atoms with Gasteiger partial charge in [0.25, 0.3) is 21.6 Å². The fourth-order valence-corrected chi connectivity index (χ4v) is 12.9. The van der Waals surface area contributed by atoms with Crippen molar-refractivity contribution in [3.63, 3.8) is 0 Å². The highest BCUT2D eigenvalue weighted by molar-refractivity contribution is 7.90. The molecule has 1 amide bonds. The number of aromatic nitrogens is 2. The zero-order valence-corrected chi connectivity index (χ0v) is 41.1. The van der Waals surface area contributed by atoms with Crippen molar-refractivity contribution in [2.24, 2.45) is 5.41 Å². The fraction of sp³-hybridized carbons (Fsp3) is 0.469. The number of piperazine rings is 1. The third kappa shape index (κ3) is 9.78. The second-order valence-corrected chi connectivity index (χ2v) is 23.3. The zero-order valence-electron chi connectivity index (χ0n) is 39.5. The summed E-state index contributed by atoms with van der Waals surface area (Å²) >= 11 is 0. The average molecular weight is 998 g/mol. The molecule has 70 heavy (non-hydrogen) atoms. The van der Waals surface area contributed by atoms with Crippen molar-refractivity contribution in [3.8, 4) is 17.2 Å². The van der Waals surface area contributed by atoms with Crippen molar-refractivity contribution in [2.75, 3.05) is 88.7 Å². The molecule has 1 aliphatic carbocycles. The monoisotopic (exact) mass is 997 g/mol. The van der Waals surface area contributed by atoms with Crippen LogP contribution in [0, 0.1) is 15.5 Å². The average Bonchev–Trinajstić information content (AvgIpc) is 3.81. The summed E-state index contributed by atoms with van der Waals surface area (Å²) in [5.74, 6) is -0.185. The van der Waals surface area contributed by atoms with Gasteiger partial charge in [0.05, 0.1) is 53.1 Å². The molecule has 0 unspecified atom stereocenters. The van der Waals surface area contributed by atoms with E-state index in [4.69, 9.17) is 14.2 Å². The van der Waals surface area contributed by atoms with Crippen LogP contribution < -0.4 is 24.4 Å². The number of aromatic amines is 1. The summed E-state index contributed by atoms with van der Waals surface area (Å²) in [6, 6.07) is 19.8. The predicted octanol–water partition coefficient (Wildman–Crippen LogP) is 6.08. The first-order chi connectivity index (χ1) is 33.5. The number of fused-ring (bicyclic) bond motifs is 2. The number of ether oxygens (including phenoxy) is 3. The maximum absolute atomic E-state index is 14.1. The van der Waals surface area contributed by atoms with Crippen molar-refractivity contribution in [2.45, 2.75) is 68.5 Å². The highest BCUT2D eigenvalue weighted by Gasteiger charge is 2.50. The number of nitrogens with one attached hydrogen (secondary N) is 3. The van der Waals surface area contributed by atoms with Crippen molar-refractivity contribution in [3.05, 3.63) is 106 Å². The van der Waals surface area contributed by atoms with Gasteiger partial charge in [-0.05, 0) is 72.4 Å². The number of nitro groups is 1. The number of carbonyl (C=O) groups excluding carboxylic acids is 1. The highest BCUT2D eigenvalue weighted by Crippen LogP contribution is 2.53. The number of sulfonamides is 2. The van der Waals surface area contributed by atoms with E-state index in [0.717, 1.165) is 75.1 Å². The minimum Gasteiger partial charge on any atom is -0.489 e. The van der Waals surface area contributed by atoms with Gasteiger partial charge in [-0.15, -0.1) is 0 Å². The predicted molar refractivity (Wildman–Crippen MR) is 264 cm³/mol. The number of amides is 1. The number of morpholine rings is 1. The van der Waals surface area contributed by atoms with Crippen LogP contribution in [0.4, 0.5) is 17.1 Å². The van der Waals surface area contributed by atoms with Crippen molar-refractivity contribution in [1.82, 2.24) is 28.8 Å². The van der Waals surface area contributed by atoms with Crippen LogP contribution in [0.25, 0.3) is 11.0 Å². The number of pyridine rings is 1. The number of nitro benzene ring substituents is 1. The summed E-state index contributed by atoms with van der Waals surface area (Å²) in [4.78, 5) is 39.8. The number of benzene rings is 3. The Balaban J connectivity index is 0.839. The third-order valence-electron chi connectivity index (χ3n) is 14.8. The molecule has 2 aromatic heterocycles. The summed E-state index contributed by atoms with van der Waals surface area (Å²) < 4.78 is 73.8. The Bertz CT molecular complexity index is 3020. The van der Waals surface area contributed by atoms with Crippen molar-refractivity contribution in [1.29, 1.82) is 0 Å². The van der Waals surface area contributed by atoms with Crippen LogP contribution in [0.3, 0.4) is 0 Å². The number of piperidine rings is 1. The maximum atomic E-state index is 14.1. The smallest absolute Gasteiger partial charge is 0.297 e. The largest absolute Gasteiger partial charge is 0.489 e. The number of H-pyrrole nitrogens is 1. The first kappa shape index (κ1) is 47.8. The highest BCUT2D eigenvalue weighted by atomic mass is 32.2. The van der Waals surface area contributed by atoms with Gasteiger partial charge in [-0.25, -0.2) is 26.5 Å². The van der Waals surface area contributed by atoms with E-state index >= 15 is 0 Å². The lowest BCUT2D eigenvalue weighted by Gasteiger charge is -2.57. The number of nitrogens with zero attached hydrogens (tertiary/aromatic N) is 6. The molecule has 6 heterocycles. The summed E-state index contributed by atoms with van der Waals surface area (Å²) in [5.41, 5.74) is 3.84. The van der Waals surface area contributed by atoms with Gasteiger partial charge in [-0.1, -0.05) is 38.1 Å². The Morgan fingerprint density at radius 1 is 0.971 bits per heavy atom. The second kappa shape index (κ2) is 19.1. The SMILES string of the molecule is CC(C)c1ccccc1[C@H]1COCCN1C1CC2(CCN(c3ccc(C(=O)NS(=O)(=O)c4cc5c(c([N+](=O)[O-])c4)N[C@@H](CN4CCN(S(C)(=O)=O)CC4)CO5)c(Oc4cnc5[nH]ccc5c4)c3)CC2)C1. The van der Waals surface area contributed by atoms with Crippen LogP contribution in [0.5, 0.6) is 17.2 Å². The Kier molecular flexibility index (Phi) is 13.0. The van der Waals surface area contributed by atoms with Gasteiger partial charge in [-0.2, -0.15) is 4.31 Å². The van der Waals surface area contributed by atoms with Crippen molar-refractivity contribution >= 4 is 54.0 Å². The molecule has 3 saturated heterocycles. The fourth-order valence-electron chi connectivity index (χ4n) is 11.0. The lowest BCUT2D eigenvalue weighted by atomic mass is 9.59. The first-order valence-electron chi connectivity index (χ1n) is 23.9. The summed E-state index contributed by atoms with van der Waals surface area (Å²) in [6.07, 6.45) is 8.70. The van der Waals surface area contributed by atoms with Crippen LogP contribution in [0.15, 0.2) is 84.0 Å². The lowest BCUT2D eigenvalue weighted by molar-refractivity contribution is -0.384. The van der Waals surface area contributed by atoms with Crippen LogP contribution in [-0.2, 0) is 24.8 Å². The number of anilines is 2. The number of hydrogen-bond donors (Lipinski definition) is 3. The Hall–Kier alpha value is -5.84. The molecule has 21 heteroatoms. The van der Waals surface area contributed by atoms with Gasteiger partial charge in [-0.3, -0.25) is 24.7 Å². The van der Waals surface area contributed by atoms with E-state index in [1.54, 1.807) is 30.5 Å². The molecule has 5 aromatic rings. The third-order valence-corrected chi connectivity index (χ3v) is 17.4. The van der Waals surface area contributed by atoms with E-state index in [2.05, 4.69) is 67.9 Å². The molecular weight excluding hydrogens is 939 g/mol. The van der Waals surface area contributed by atoms with E-state index < -0.39 is 47.5 Å². The molecule has 0 radical (unpaired) electrons. The van der Waals surface area contributed by atoms with Gasteiger partial charge >= 0.3 is 0 Å². The first-order valence-corrected chi connectivity index (χ1v) is 27.2. The van der Waals surface area contributed by atoms with Crippen LogP contribution in [-0.4, -0.2) is 142 Å². The van der Waals surface area contributed by atoms with Crippen LogP contribution in [0.2, 0.25) is 0 Å². The van der Waals surface area contributed by atoms with Crippen LogP contribution >= 0.6 is 0 Å². The molecule has 2 atom stereocenters. The molecule has 10 rings (SSSR count). The van der Waals surface area contributed by atoms with Gasteiger partial charge in [0.2, 0.25) is 10.0 Å². The Morgan fingerprint density at radius 2 is 1.74 bits per heavy atom. The van der Waals surface area contributed by atoms with Gasteiger partial charge in [0.15, 0.2) is 11.4 Å².